The number of aromatic nitrogens is 2. The minimum Gasteiger partial charge on any atom is -0.481 e. The lowest BCUT2D eigenvalue weighted by Crippen LogP contribution is -2.32. The highest BCUT2D eigenvalue weighted by molar-refractivity contribution is 5.78. The number of amides is 1. The Kier molecular flexibility index (Phi) is 5.19. The van der Waals surface area contributed by atoms with E-state index in [1.807, 2.05) is 0 Å². The Morgan fingerprint density at radius 3 is 2.71 bits per heavy atom. The number of carbonyl (C=O) groups is 1. The Morgan fingerprint density at radius 2 is 2.10 bits per heavy atom. The molecule has 0 atom stereocenters. The van der Waals surface area contributed by atoms with Gasteiger partial charge >= 0.3 is 0 Å². The molecule has 7 nitrogen and oxygen atoms in total. The van der Waals surface area contributed by atoms with Crippen LogP contribution in [-0.4, -0.2) is 36.6 Å². The molecular formula is C14H23N5O2. The number of carbonyl (C=O) groups excluding carboxylic acids is 1. The van der Waals surface area contributed by atoms with E-state index >= 15 is 0 Å². The number of nitrogens with two attached hydrogens (primary N) is 1. The fourth-order valence-corrected chi connectivity index (χ4v) is 2.72. The molecule has 1 saturated carbocycles. The normalized spacial score (nSPS) is 21.6. The van der Waals surface area contributed by atoms with Crippen molar-refractivity contribution < 1.29 is 9.53 Å². The fraction of sp³-hybridized carbons (Fsp3) is 0.643. The minimum atomic E-state index is 0.162. The number of nitrogens with zero attached hydrogens (tertiary/aromatic N) is 2. The lowest BCUT2D eigenvalue weighted by atomic mass is 9.81. The number of hydrogen-bond acceptors (Lipinski definition) is 6. The van der Waals surface area contributed by atoms with Crippen molar-refractivity contribution in [1.82, 2.24) is 15.3 Å². The van der Waals surface area contributed by atoms with Crippen molar-refractivity contribution in [3.8, 4) is 5.88 Å². The second kappa shape index (κ2) is 7.10. The summed E-state index contributed by atoms with van der Waals surface area (Å²) < 4.78 is 5.06. The molecule has 2 rings (SSSR count). The molecule has 0 aromatic carbocycles. The molecular weight excluding hydrogens is 270 g/mol. The van der Waals surface area contributed by atoms with Gasteiger partial charge in [-0.1, -0.05) is 0 Å². The van der Waals surface area contributed by atoms with Crippen molar-refractivity contribution in [3.63, 3.8) is 0 Å². The first-order valence-electron chi connectivity index (χ1n) is 7.26. The summed E-state index contributed by atoms with van der Waals surface area (Å²) in [5.74, 6) is 2.20. The van der Waals surface area contributed by atoms with E-state index in [-0.39, 0.29) is 17.8 Å². The van der Waals surface area contributed by atoms with Gasteiger partial charge in [-0.15, -0.1) is 0 Å². The van der Waals surface area contributed by atoms with E-state index in [1.54, 1.807) is 20.2 Å². The number of methoxy groups -OCH3 is 1. The fourth-order valence-electron chi connectivity index (χ4n) is 2.72. The highest BCUT2D eigenvalue weighted by Crippen LogP contribution is 2.29. The van der Waals surface area contributed by atoms with E-state index in [9.17, 15) is 4.79 Å². The average Bonchev–Trinajstić information content (AvgIpc) is 2.52. The number of nitrogen functional groups attached to an aromatic ring is 1. The van der Waals surface area contributed by atoms with Gasteiger partial charge in [0.05, 0.1) is 7.11 Å². The van der Waals surface area contributed by atoms with Crippen LogP contribution in [0.1, 0.15) is 25.7 Å². The van der Waals surface area contributed by atoms with E-state index in [1.165, 1.54) is 0 Å². The summed E-state index contributed by atoms with van der Waals surface area (Å²) in [4.78, 5) is 19.7. The van der Waals surface area contributed by atoms with E-state index in [4.69, 9.17) is 10.5 Å². The molecule has 4 N–H and O–H groups in total. The monoisotopic (exact) mass is 293 g/mol. The Morgan fingerprint density at radius 1 is 1.38 bits per heavy atom. The predicted octanol–water partition coefficient (Wildman–Crippen LogP) is 1.03. The average molecular weight is 293 g/mol. The topological polar surface area (TPSA) is 102 Å². The highest BCUT2D eigenvalue weighted by atomic mass is 16.5. The maximum Gasteiger partial charge on any atom is 0.225 e. The van der Waals surface area contributed by atoms with Crippen LogP contribution < -0.4 is 21.1 Å². The maximum absolute atomic E-state index is 11.6. The molecule has 0 radical (unpaired) electrons. The van der Waals surface area contributed by atoms with Crippen molar-refractivity contribution in [2.45, 2.75) is 25.7 Å². The zero-order valence-corrected chi connectivity index (χ0v) is 12.6. The van der Waals surface area contributed by atoms with Crippen LogP contribution in [0.4, 0.5) is 11.8 Å². The molecule has 116 valence electrons. The third-order valence-electron chi connectivity index (χ3n) is 3.96. The lowest BCUT2D eigenvalue weighted by molar-refractivity contribution is -0.125. The molecule has 0 aliphatic heterocycles. The minimum absolute atomic E-state index is 0.162. The van der Waals surface area contributed by atoms with Gasteiger partial charge in [0.1, 0.15) is 5.82 Å². The van der Waals surface area contributed by atoms with Gasteiger partial charge in [0.15, 0.2) is 0 Å². The number of rotatable bonds is 5. The summed E-state index contributed by atoms with van der Waals surface area (Å²) in [6, 6.07) is 1.73. The number of hydrogen-bond donors (Lipinski definition) is 3. The largest absolute Gasteiger partial charge is 0.481 e. The van der Waals surface area contributed by atoms with Crippen molar-refractivity contribution in [2.24, 2.45) is 11.8 Å². The van der Waals surface area contributed by atoms with E-state index in [0.717, 1.165) is 32.2 Å². The first-order valence-corrected chi connectivity index (χ1v) is 7.26. The van der Waals surface area contributed by atoms with Crippen LogP contribution in [0.3, 0.4) is 0 Å². The van der Waals surface area contributed by atoms with Crippen LogP contribution in [0.2, 0.25) is 0 Å². The summed E-state index contributed by atoms with van der Waals surface area (Å²) in [5.41, 5.74) is 5.62. The molecule has 0 bridgehead atoms. The molecule has 7 heteroatoms. The third kappa shape index (κ3) is 4.21. The van der Waals surface area contributed by atoms with Gasteiger partial charge in [-0.3, -0.25) is 4.79 Å². The van der Waals surface area contributed by atoms with Gasteiger partial charge < -0.3 is 21.1 Å². The highest BCUT2D eigenvalue weighted by Gasteiger charge is 2.25. The van der Waals surface area contributed by atoms with Crippen LogP contribution in [0.25, 0.3) is 0 Å². The standard InChI is InChI=1S/C14H23N5O2/c1-16-13(20)10-5-3-9(4-6-10)8-17-11-7-12(21-2)19-14(15)18-11/h7,9-10H,3-6,8H2,1-2H3,(H,16,20)(H3,15,17,18,19). The smallest absolute Gasteiger partial charge is 0.225 e. The summed E-state index contributed by atoms with van der Waals surface area (Å²) in [6.07, 6.45) is 3.98. The van der Waals surface area contributed by atoms with Crippen LogP contribution in [0.15, 0.2) is 6.07 Å². The Bertz CT molecular complexity index is 486. The number of ether oxygens (including phenoxy) is 1. The quantitative estimate of drug-likeness (QED) is 0.749. The molecule has 1 aromatic heterocycles. The van der Waals surface area contributed by atoms with E-state index in [2.05, 4.69) is 20.6 Å². The van der Waals surface area contributed by atoms with Gasteiger partial charge in [0.25, 0.3) is 0 Å². The van der Waals surface area contributed by atoms with Gasteiger partial charge in [-0.25, -0.2) is 0 Å². The molecule has 0 saturated heterocycles. The number of nitrogens with one attached hydrogen (secondary N) is 2. The lowest BCUT2D eigenvalue weighted by Gasteiger charge is -2.27. The SMILES string of the molecule is CNC(=O)C1CCC(CNc2cc(OC)nc(N)n2)CC1. The van der Waals surface area contributed by atoms with Gasteiger partial charge in [-0.2, -0.15) is 9.97 Å². The van der Waals surface area contributed by atoms with E-state index in [0.29, 0.717) is 17.6 Å². The molecule has 21 heavy (non-hydrogen) atoms. The molecule has 1 aliphatic carbocycles. The Balaban J connectivity index is 1.82. The number of anilines is 2. The molecule has 1 amide bonds. The zero-order valence-electron chi connectivity index (χ0n) is 12.6. The Labute approximate surface area is 124 Å². The van der Waals surface area contributed by atoms with Crippen molar-refractivity contribution >= 4 is 17.7 Å². The first kappa shape index (κ1) is 15.3. The van der Waals surface area contributed by atoms with Crippen LogP contribution in [-0.2, 0) is 4.79 Å². The Hall–Kier alpha value is -2.05. The second-order valence-corrected chi connectivity index (χ2v) is 5.37. The molecule has 0 unspecified atom stereocenters. The van der Waals surface area contributed by atoms with Crippen LogP contribution in [0.5, 0.6) is 5.88 Å². The van der Waals surface area contributed by atoms with Gasteiger partial charge in [-0.05, 0) is 31.6 Å². The van der Waals surface area contributed by atoms with Crippen LogP contribution in [0, 0.1) is 11.8 Å². The molecule has 1 aliphatic rings. The molecule has 0 spiro atoms. The first-order chi connectivity index (χ1) is 10.1. The van der Waals surface area contributed by atoms with Crippen LogP contribution >= 0.6 is 0 Å². The van der Waals surface area contributed by atoms with Crippen molar-refractivity contribution in [2.75, 3.05) is 31.8 Å². The van der Waals surface area contributed by atoms with Gasteiger partial charge in [0.2, 0.25) is 17.7 Å². The molecule has 1 aromatic rings. The zero-order chi connectivity index (χ0) is 15.2. The summed E-state index contributed by atoms with van der Waals surface area (Å²) >= 11 is 0. The third-order valence-corrected chi connectivity index (χ3v) is 3.96. The molecule has 1 fully saturated rings. The maximum atomic E-state index is 11.6. The molecule has 1 heterocycles. The second-order valence-electron chi connectivity index (χ2n) is 5.37. The summed E-state index contributed by atoms with van der Waals surface area (Å²) in [6.45, 7) is 0.820. The van der Waals surface area contributed by atoms with E-state index < -0.39 is 0 Å². The van der Waals surface area contributed by atoms with Crippen molar-refractivity contribution in [3.05, 3.63) is 6.07 Å². The van der Waals surface area contributed by atoms with Gasteiger partial charge in [0, 0.05) is 25.6 Å². The van der Waals surface area contributed by atoms with Crippen molar-refractivity contribution in [1.29, 1.82) is 0 Å². The predicted molar refractivity (Wildman–Crippen MR) is 81.0 cm³/mol. The summed E-state index contributed by atoms with van der Waals surface area (Å²) in [7, 11) is 3.24. The summed E-state index contributed by atoms with van der Waals surface area (Å²) in [5, 5.41) is 6.00.